The van der Waals surface area contributed by atoms with Crippen molar-refractivity contribution >= 4 is 0 Å². The minimum Gasteiger partial charge on any atom is -0.405 e. The van der Waals surface area contributed by atoms with E-state index >= 15 is 0 Å². The molecule has 4 nitrogen and oxygen atoms in total. The van der Waals surface area contributed by atoms with Crippen molar-refractivity contribution in [2.45, 2.75) is 19.5 Å². The molecule has 2 aromatic rings. The number of aromatic amines is 1. The number of nitrogens with one attached hydrogen (secondary N) is 2. The molecule has 0 radical (unpaired) electrons. The third-order valence-corrected chi connectivity index (χ3v) is 2.36. The number of ether oxygens (including phenoxy) is 1. The first-order valence-corrected chi connectivity index (χ1v) is 5.57. The Labute approximate surface area is 107 Å². The van der Waals surface area contributed by atoms with Crippen molar-refractivity contribution in [1.29, 1.82) is 0 Å². The van der Waals surface area contributed by atoms with Crippen molar-refractivity contribution in [2.24, 2.45) is 0 Å². The predicted molar refractivity (Wildman–Crippen MR) is 62.3 cm³/mol. The largest absolute Gasteiger partial charge is 0.573 e. The number of aromatic nitrogens is 2. The van der Waals surface area contributed by atoms with Crippen LogP contribution in [0.1, 0.15) is 11.4 Å². The number of para-hydroxylation sites is 1. The zero-order valence-corrected chi connectivity index (χ0v) is 9.87. The SMILES string of the molecule is FC(F)(F)Oc1ccccc1CNCc1ncc[nH]1. The first-order chi connectivity index (χ1) is 9.04. The third kappa shape index (κ3) is 4.29. The fourth-order valence-corrected chi connectivity index (χ4v) is 1.58. The van der Waals surface area contributed by atoms with Gasteiger partial charge in [0.05, 0.1) is 6.54 Å². The Morgan fingerprint density at radius 1 is 1.21 bits per heavy atom. The molecule has 0 amide bonds. The lowest BCUT2D eigenvalue weighted by molar-refractivity contribution is -0.274. The summed E-state index contributed by atoms with van der Waals surface area (Å²) in [6.45, 7) is 0.695. The number of hydrogen-bond donors (Lipinski definition) is 2. The molecule has 1 aromatic carbocycles. The second-order valence-corrected chi connectivity index (χ2v) is 3.79. The summed E-state index contributed by atoms with van der Waals surface area (Å²) in [5, 5.41) is 2.99. The van der Waals surface area contributed by atoms with Crippen molar-refractivity contribution in [3.63, 3.8) is 0 Å². The van der Waals surface area contributed by atoms with Gasteiger partial charge in [-0.25, -0.2) is 4.98 Å². The smallest absolute Gasteiger partial charge is 0.405 e. The lowest BCUT2D eigenvalue weighted by atomic mass is 10.2. The van der Waals surface area contributed by atoms with E-state index in [1.165, 1.54) is 12.1 Å². The standard InChI is InChI=1S/C12H12F3N3O/c13-12(14,15)19-10-4-2-1-3-9(10)7-16-8-11-17-5-6-18-11/h1-6,16H,7-8H2,(H,17,18). The average molecular weight is 271 g/mol. The molecule has 0 fully saturated rings. The van der Waals surface area contributed by atoms with Crippen LogP contribution in [0.25, 0.3) is 0 Å². The van der Waals surface area contributed by atoms with Crippen LogP contribution in [0.3, 0.4) is 0 Å². The van der Waals surface area contributed by atoms with Crippen LogP contribution in [0.5, 0.6) is 5.75 Å². The number of alkyl halides is 3. The normalized spacial score (nSPS) is 11.5. The minimum absolute atomic E-state index is 0.193. The lowest BCUT2D eigenvalue weighted by Crippen LogP contribution is -2.20. The quantitative estimate of drug-likeness (QED) is 0.878. The second kappa shape index (κ2) is 5.75. The summed E-state index contributed by atoms with van der Waals surface area (Å²) >= 11 is 0. The molecule has 19 heavy (non-hydrogen) atoms. The van der Waals surface area contributed by atoms with Gasteiger partial charge >= 0.3 is 6.36 Å². The van der Waals surface area contributed by atoms with Crippen LogP contribution < -0.4 is 10.1 Å². The highest BCUT2D eigenvalue weighted by atomic mass is 19.4. The molecule has 2 rings (SSSR count). The van der Waals surface area contributed by atoms with E-state index < -0.39 is 6.36 Å². The summed E-state index contributed by atoms with van der Waals surface area (Å²) < 4.78 is 40.6. The van der Waals surface area contributed by atoms with Crippen LogP contribution in [0.15, 0.2) is 36.7 Å². The fourth-order valence-electron chi connectivity index (χ4n) is 1.58. The molecular weight excluding hydrogens is 259 g/mol. The Morgan fingerprint density at radius 3 is 2.68 bits per heavy atom. The van der Waals surface area contributed by atoms with Gasteiger partial charge in [-0.15, -0.1) is 13.2 Å². The first-order valence-electron chi connectivity index (χ1n) is 5.57. The Balaban J connectivity index is 1.96. The first kappa shape index (κ1) is 13.4. The number of benzene rings is 1. The van der Waals surface area contributed by atoms with E-state index in [0.717, 1.165) is 0 Å². The Bertz CT molecular complexity index is 511. The Morgan fingerprint density at radius 2 is 2.00 bits per heavy atom. The molecule has 1 heterocycles. The van der Waals surface area contributed by atoms with Gasteiger partial charge in [0.25, 0.3) is 0 Å². The van der Waals surface area contributed by atoms with Gasteiger partial charge in [0.2, 0.25) is 0 Å². The predicted octanol–water partition coefficient (Wildman–Crippen LogP) is 2.60. The highest BCUT2D eigenvalue weighted by Crippen LogP contribution is 2.26. The molecule has 7 heteroatoms. The molecule has 0 aliphatic heterocycles. The zero-order valence-electron chi connectivity index (χ0n) is 9.87. The van der Waals surface area contributed by atoms with Crippen LogP contribution in [-0.2, 0) is 13.1 Å². The maximum atomic E-state index is 12.2. The number of rotatable bonds is 5. The molecule has 0 aliphatic rings. The second-order valence-electron chi connectivity index (χ2n) is 3.79. The molecule has 0 spiro atoms. The van der Waals surface area contributed by atoms with Crippen molar-refractivity contribution in [1.82, 2.24) is 15.3 Å². The van der Waals surface area contributed by atoms with E-state index in [-0.39, 0.29) is 12.3 Å². The summed E-state index contributed by atoms with van der Waals surface area (Å²) in [5.74, 6) is 0.524. The van der Waals surface area contributed by atoms with Gasteiger partial charge in [-0.05, 0) is 6.07 Å². The van der Waals surface area contributed by atoms with Crippen molar-refractivity contribution in [3.05, 3.63) is 48.0 Å². The molecule has 102 valence electrons. The van der Waals surface area contributed by atoms with Gasteiger partial charge in [-0.1, -0.05) is 18.2 Å². The maximum Gasteiger partial charge on any atom is 0.573 e. The number of nitrogens with zero attached hydrogens (tertiary/aromatic N) is 1. The molecule has 0 atom stereocenters. The van der Waals surface area contributed by atoms with Gasteiger partial charge in [0.1, 0.15) is 11.6 Å². The molecule has 2 N–H and O–H groups in total. The number of H-pyrrole nitrogens is 1. The molecule has 0 bridgehead atoms. The van der Waals surface area contributed by atoms with Crippen LogP contribution in [0, 0.1) is 0 Å². The van der Waals surface area contributed by atoms with Crippen molar-refractivity contribution < 1.29 is 17.9 Å². The monoisotopic (exact) mass is 271 g/mol. The van der Waals surface area contributed by atoms with E-state index in [1.807, 2.05) is 0 Å². The number of hydrogen-bond acceptors (Lipinski definition) is 3. The molecule has 0 unspecified atom stereocenters. The van der Waals surface area contributed by atoms with E-state index in [1.54, 1.807) is 24.5 Å². The Kier molecular flexibility index (Phi) is 4.06. The third-order valence-electron chi connectivity index (χ3n) is 2.36. The lowest BCUT2D eigenvalue weighted by Gasteiger charge is -2.13. The molecular formula is C12H12F3N3O. The van der Waals surface area contributed by atoms with Crippen LogP contribution in [0.4, 0.5) is 13.2 Å². The summed E-state index contributed by atoms with van der Waals surface area (Å²) in [5.41, 5.74) is 0.436. The molecule has 1 aromatic heterocycles. The van der Waals surface area contributed by atoms with Gasteiger partial charge in [-0.3, -0.25) is 0 Å². The van der Waals surface area contributed by atoms with E-state index in [4.69, 9.17) is 0 Å². The van der Waals surface area contributed by atoms with E-state index in [9.17, 15) is 13.2 Å². The van der Waals surface area contributed by atoms with Crippen molar-refractivity contribution in [2.75, 3.05) is 0 Å². The fraction of sp³-hybridized carbons (Fsp3) is 0.250. The van der Waals surface area contributed by atoms with E-state index in [2.05, 4.69) is 20.0 Å². The van der Waals surface area contributed by atoms with E-state index in [0.29, 0.717) is 17.9 Å². The molecule has 0 saturated carbocycles. The van der Waals surface area contributed by atoms with Crippen LogP contribution in [-0.4, -0.2) is 16.3 Å². The summed E-state index contributed by atoms with van der Waals surface area (Å²) in [6, 6.07) is 6.03. The van der Waals surface area contributed by atoms with Crippen LogP contribution in [0.2, 0.25) is 0 Å². The number of imidazole rings is 1. The van der Waals surface area contributed by atoms with Gasteiger partial charge < -0.3 is 15.0 Å². The van der Waals surface area contributed by atoms with Gasteiger partial charge in [0.15, 0.2) is 0 Å². The molecule has 0 aliphatic carbocycles. The summed E-state index contributed by atoms with van der Waals surface area (Å²) in [6.07, 6.45) is -1.40. The van der Waals surface area contributed by atoms with Gasteiger partial charge in [-0.2, -0.15) is 0 Å². The highest BCUT2D eigenvalue weighted by molar-refractivity contribution is 5.33. The molecule has 0 saturated heterocycles. The number of halogens is 3. The zero-order chi connectivity index (χ0) is 13.7. The van der Waals surface area contributed by atoms with Crippen LogP contribution >= 0.6 is 0 Å². The highest BCUT2D eigenvalue weighted by Gasteiger charge is 2.31. The Hall–Kier alpha value is -2.02. The average Bonchev–Trinajstić information content (AvgIpc) is 2.82. The topological polar surface area (TPSA) is 49.9 Å². The van der Waals surface area contributed by atoms with Crippen molar-refractivity contribution in [3.8, 4) is 5.75 Å². The minimum atomic E-state index is -4.68. The van der Waals surface area contributed by atoms with Gasteiger partial charge in [0, 0.05) is 24.5 Å². The summed E-state index contributed by atoms with van der Waals surface area (Å²) in [4.78, 5) is 6.89. The summed E-state index contributed by atoms with van der Waals surface area (Å²) in [7, 11) is 0. The maximum absolute atomic E-state index is 12.2.